The number of hydrogen-bond acceptors (Lipinski definition) is 4. The number of allylic oxidation sites excluding steroid dienone is 3. The van der Waals surface area contributed by atoms with Crippen LogP contribution in [-0.4, -0.2) is 36.6 Å². The third-order valence-electron chi connectivity index (χ3n) is 13.5. The highest BCUT2D eigenvalue weighted by atomic mass is 19.4. The topological polar surface area (TPSA) is 82.5 Å². The highest BCUT2D eigenvalue weighted by Gasteiger charge is 2.73. The van der Waals surface area contributed by atoms with Crippen molar-refractivity contribution in [2.45, 2.75) is 112 Å². The van der Waals surface area contributed by atoms with Crippen LogP contribution in [0.25, 0.3) is 0 Å². The summed E-state index contributed by atoms with van der Waals surface area (Å²) in [6, 6.07) is 2.19. The lowest BCUT2D eigenvalue weighted by Crippen LogP contribution is -2.64. The predicted octanol–water partition coefficient (Wildman–Crippen LogP) is 7.08. The highest BCUT2D eigenvalue weighted by molar-refractivity contribution is 6.04. The zero-order valence-corrected chi connectivity index (χ0v) is 26.0. The molecule has 1 aliphatic heterocycles. The van der Waals surface area contributed by atoms with E-state index in [1.165, 1.54) is 5.57 Å². The molecule has 6 rings (SSSR count). The fourth-order valence-corrected chi connectivity index (χ4v) is 11.1. The first kappa shape index (κ1) is 29.9. The van der Waals surface area contributed by atoms with Gasteiger partial charge in [-0.3, -0.25) is 9.59 Å². The second kappa shape index (κ2) is 8.73. The minimum atomic E-state index is -4.46. The molecule has 1 saturated heterocycles. The van der Waals surface area contributed by atoms with Crippen LogP contribution >= 0.6 is 0 Å². The Morgan fingerprint density at radius 2 is 1.74 bits per heavy atom. The molecule has 8 heteroatoms. The number of rotatable bonds is 2. The fourth-order valence-electron chi connectivity index (χ4n) is 11.1. The maximum Gasteiger partial charge on any atom is 0.405 e. The predicted molar refractivity (Wildman–Crippen MR) is 152 cm³/mol. The Kier molecular flexibility index (Phi) is 6.22. The molecule has 0 spiro atoms. The molecule has 5 aliphatic carbocycles. The van der Waals surface area contributed by atoms with Crippen LogP contribution in [0, 0.1) is 61.6 Å². The van der Waals surface area contributed by atoms with E-state index in [9.17, 15) is 28.0 Å². The minimum absolute atomic E-state index is 0.00371. The first-order chi connectivity index (χ1) is 19.3. The minimum Gasteiger partial charge on any atom is -0.365 e. The summed E-state index contributed by atoms with van der Waals surface area (Å²) in [5.41, 5.74) is -1.18. The Balaban J connectivity index is 1.46. The summed E-state index contributed by atoms with van der Waals surface area (Å²) >= 11 is 0. The number of fused-ring (bicyclic) bond motifs is 9. The number of ether oxygens (including phenoxy) is 1. The van der Waals surface area contributed by atoms with E-state index >= 15 is 0 Å². The monoisotopic (exact) mass is 586 g/mol. The smallest absolute Gasteiger partial charge is 0.365 e. The second-order valence-corrected chi connectivity index (χ2v) is 16.4. The van der Waals surface area contributed by atoms with Gasteiger partial charge < -0.3 is 10.1 Å². The zero-order valence-electron chi connectivity index (χ0n) is 26.0. The third kappa shape index (κ3) is 3.90. The standard InChI is InChI=1S/C34H45F3N2O3/c1-28(2)10-12-33(27(41)39-18-34(35,36)37)13-11-32(7)24(20(33)16-28)25-21(42-25)14-23-30(5)15-19(17-38)26(40)29(3,4)22(30)8-9-31(23,32)6/h14-15,20-22,24-25H,8-13,16,18H2,1-7H3,(H,39,41)/t20?,21?,22-,24?,25?,30-,31+,32+,33-/m0/s1. The van der Waals surface area contributed by atoms with Gasteiger partial charge in [-0.25, -0.2) is 0 Å². The van der Waals surface area contributed by atoms with Gasteiger partial charge in [-0.05, 0) is 78.9 Å². The van der Waals surface area contributed by atoms with Crippen LogP contribution in [0.2, 0.25) is 0 Å². The quantitative estimate of drug-likeness (QED) is 0.277. The fraction of sp³-hybridized carbons (Fsp3) is 0.794. The van der Waals surface area contributed by atoms with E-state index < -0.39 is 34.9 Å². The average molecular weight is 587 g/mol. The summed E-state index contributed by atoms with van der Waals surface area (Å²) in [5.74, 6) is -0.605. The zero-order chi connectivity index (χ0) is 30.9. The van der Waals surface area contributed by atoms with E-state index in [1.807, 2.05) is 19.9 Å². The number of nitriles is 1. The number of halogens is 3. The van der Waals surface area contributed by atoms with Crippen molar-refractivity contribution >= 4 is 11.7 Å². The van der Waals surface area contributed by atoms with Gasteiger partial charge >= 0.3 is 6.18 Å². The van der Waals surface area contributed by atoms with Crippen molar-refractivity contribution in [1.82, 2.24) is 5.32 Å². The number of hydrogen-bond donors (Lipinski definition) is 1. The molecule has 0 radical (unpaired) electrons. The Bertz CT molecular complexity index is 1340. The van der Waals surface area contributed by atoms with Crippen molar-refractivity contribution in [3.05, 3.63) is 23.3 Å². The number of nitrogens with one attached hydrogen (secondary N) is 1. The number of alkyl halides is 3. The lowest BCUT2D eigenvalue weighted by Gasteiger charge is -2.67. The Morgan fingerprint density at radius 1 is 1.07 bits per heavy atom. The first-order valence-corrected chi connectivity index (χ1v) is 15.7. The summed E-state index contributed by atoms with van der Waals surface area (Å²) < 4.78 is 46.2. The van der Waals surface area contributed by atoms with Crippen LogP contribution in [0.4, 0.5) is 13.2 Å². The van der Waals surface area contributed by atoms with Crippen LogP contribution < -0.4 is 5.32 Å². The Labute approximate surface area is 247 Å². The SMILES string of the molecule is CC1(C)CC[C@]2(C(=O)NCC(F)(F)F)CC[C@]3(C)C(C4OC4C=C4[C@@]5(C)C=C(C#N)C(=O)C(C)(C)[C@@H]5CC[C@]43C)C2C1. The van der Waals surface area contributed by atoms with Gasteiger partial charge in [0.15, 0.2) is 5.78 Å². The highest BCUT2D eigenvalue weighted by Crippen LogP contribution is 2.76. The number of amides is 1. The molecule has 0 bridgehead atoms. The molecule has 42 heavy (non-hydrogen) atoms. The Morgan fingerprint density at radius 3 is 2.38 bits per heavy atom. The third-order valence-corrected chi connectivity index (χ3v) is 13.5. The molecule has 6 aliphatic rings. The number of Topliss-reactive ketones (excluding diaryl/α,β-unsaturated/α-hetero) is 1. The molecule has 230 valence electrons. The van der Waals surface area contributed by atoms with Crippen molar-refractivity contribution in [3.8, 4) is 6.07 Å². The molecule has 0 aromatic heterocycles. The van der Waals surface area contributed by atoms with Gasteiger partial charge in [-0.15, -0.1) is 0 Å². The van der Waals surface area contributed by atoms with Crippen molar-refractivity contribution < 1.29 is 27.5 Å². The van der Waals surface area contributed by atoms with E-state index in [4.69, 9.17) is 4.74 Å². The summed E-state index contributed by atoms with van der Waals surface area (Å²) in [4.78, 5) is 27.2. The van der Waals surface area contributed by atoms with Gasteiger partial charge in [0.05, 0.1) is 17.1 Å². The van der Waals surface area contributed by atoms with Gasteiger partial charge in [0.2, 0.25) is 5.91 Å². The first-order valence-electron chi connectivity index (χ1n) is 15.7. The van der Waals surface area contributed by atoms with Crippen LogP contribution in [-0.2, 0) is 14.3 Å². The lowest BCUT2D eigenvalue weighted by molar-refractivity contribution is -0.178. The maximum atomic E-state index is 13.8. The van der Waals surface area contributed by atoms with E-state index in [-0.39, 0.29) is 57.6 Å². The largest absolute Gasteiger partial charge is 0.405 e. The summed E-state index contributed by atoms with van der Waals surface area (Å²) in [5, 5.41) is 12.3. The van der Waals surface area contributed by atoms with Crippen LogP contribution in [0.5, 0.6) is 0 Å². The van der Waals surface area contributed by atoms with Crippen LogP contribution in [0.1, 0.15) is 93.4 Å². The molecule has 4 unspecified atom stereocenters. The molecular formula is C34H45F3N2O3. The van der Waals surface area contributed by atoms with E-state index in [0.29, 0.717) is 19.3 Å². The molecule has 0 aromatic carbocycles. The van der Waals surface area contributed by atoms with Gasteiger partial charge in [-0.1, -0.05) is 66.2 Å². The van der Waals surface area contributed by atoms with Crippen molar-refractivity contribution in [3.63, 3.8) is 0 Å². The molecule has 1 amide bonds. The molecule has 1 N–H and O–H groups in total. The average Bonchev–Trinajstić information content (AvgIpc) is 3.65. The summed E-state index contributed by atoms with van der Waals surface area (Å²) in [7, 11) is 0. The summed E-state index contributed by atoms with van der Waals surface area (Å²) in [6.45, 7) is 13.9. The number of nitrogens with zero attached hydrogens (tertiary/aromatic N) is 1. The Hall–Kier alpha value is -2.14. The van der Waals surface area contributed by atoms with Crippen molar-refractivity contribution in [2.24, 2.45) is 50.2 Å². The van der Waals surface area contributed by atoms with Crippen molar-refractivity contribution in [1.29, 1.82) is 5.26 Å². The number of carbonyl (C=O) groups is 2. The van der Waals surface area contributed by atoms with Gasteiger partial charge in [0.25, 0.3) is 0 Å². The second-order valence-electron chi connectivity index (χ2n) is 16.4. The van der Waals surface area contributed by atoms with Crippen LogP contribution in [0.3, 0.4) is 0 Å². The number of ketones is 1. The molecule has 1 heterocycles. The van der Waals surface area contributed by atoms with Crippen molar-refractivity contribution in [2.75, 3.05) is 6.54 Å². The van der Waals surface area contributed by atoms with E-state index in [0.717, 1.165) is 25.7 Å². The molecule has 9 atom stereocenters. The molecule has 4 fully saturated rings. The number of epoxide rings is 1. The molecular weight excluding hydrogens is 541 g/mol. The molecule has 3 saturated carbocycles. The van der Waals surface area contributed by atoms with Gasteiger partial charge in [0.1, 0.15) is 18.7 Å². The van der Waals surface area contributed by atoms with E-state index in [1.54, 1.807) is 0 Å². The molecule has 0 aromatic rings. The lowest BCUT2D eigenvalue weighted by atomic mass is 9.36. The van der Waals surface area contributed by atoms with Crippen LogP contribution in [0.15, 0.2) is 23.3 Å². The van der Waals surface area contributed by atoms with Gasteiger partial charge in [0, 0.05) is 10.8 Å². The maximum absolute atomic E-state index is 13.8. The van der Waals surface area contributed by atoms with E-state index in [2.05, 4.69) is 52.1 Å². The van der Waals surface area contributed by atoms with Gasteiger partial charge in [-0.2, -0.15) is 18.4 Å². The molecule has 5 nitrogen and oxygen atoms in total. The number of carbonyl (C=O) groups excluding carboxylic acids is 2. The summed E-state index contributed by atoms with van der Waals surface area (Å²) in [6.07, 6.45) is 4.63. The normalized spacial score (nSPS) is 46.6.